The summed E-state index contributed by atoms with van der Waals surface area (Å²) in [5.41, 5.74) is 1.13. The van der Waals surface area contributed by atoms with Gasteiger partial charge in [0.15, 0.2) is 0 Å². The van der Waals surface area contributed by atoms with E-state index < -0.39 is 0 Å². The number of halogens is 1. The molecular formula is C15H20BrNO2. The van der Waals surface area contributed by atoms with E-state index in [4.69, 9.17) is 15.9 Å². The Kier molecular flexibility index (Phi) is 8.31. The van der Waals surface area contributed by atoms with Gasteiger partial charge < -0.3 is 14.8 Å². The normalized spacial score (nSPS) is 10.2. The largest absolute Gasteiger partial charge is 0.492 e. The van der Waals surface area contributed by atoms with Crippen LogP contribution in [-0.2, 0) is 11.3 Å². The van der Waals surface area contributed by atoms with Crippen molar-refractivity contribution in [3.63, 3.8) is 0 Å². The molecule has 0 heterocycles. The maximum absolute atomic E-state index is 5.81. The highest BCUT2D eigenvalue weighted by Crippen LogP contribution is 2.29. The summed E-state index contributed by atoms with van der Waals surface area (Å²) in [5, 5.41) is 3.31. The van der Waals surface area contributed by atoms with E-state index in [9.17, 15) is 0 Å². The van der Waals surface area contributed by atoms with Crippen LogP contribution >= 0.6 is 15.9 Å². The van der Waals surface area contributed by atoms with Crippen molar-refractivity contribution in [2.75, 3.05) is 26.9 Å². The van der Waals surface area contributed by atoms with Crippen molar-refractivity contribution in [3.8, 4) is 18.1 Å². The van der Waals surface area contributed by atoms with E-state index in [-0.39, 0.29) is 0 Å². The molecule has 0 fully saturated rings. The fourth-order valence-corrected chi connectivity index (χ4v) is 2.12. The van der Waals surface area contributed by atoms with Crippen LogP contribution in [0.2, 0.25) is 0 Å². The number of unbranched alkanes of at least 4 members (excludes halogenated alkanes) is 1. The zero-order valence-corrected chi connectivity index (χ0v) is 12.8. The molecular weight excluding hydrogens is 306 g/mol. The van der Waals surface area contributed by atoms with E-state index in [1.807, 2.05) is 12.1 Å². The monoisotopic (exact) mass is 325 g/mol. The molecule has 0 bridgehead atoms. The Morgan fingerprint density at radius 2 is 2.21 bits per heavy atom. The minimum Gasteiger partial charge on any atom is -0.492 e. The number of rotatable bonds is 9. The first-order valence-corrected chi connectivity index (χ1v) is 7.12. The minimum atomic E-state index is 0.637. The van der Waals surface area contributed by atoms with E-state index in [0.29, 0.717) is 13.2 Å². The molecule has 0 aliphatic heterocycles. The maximum atomic E-state index is 5.81. The lowest BCUT2D eigenvalue weighted by atomic mass is 10.2. The summed E-state index contributed by atoms with van der Waals surface area (Å²) in [6.45, 7) is 2.91. The SMILES string of the molecule is C#CCCCOc1c(Br)cccc1CNCCOC. The summed E-state index contributed by atoms with van der Waals surface area (Å²) >= 11 is 3.52. The third kappa shape index (κ3) is 6.11. The molecule has 0 aliphatic rings. The van der Waals surface area contributed by atoms with Crippen LogP contribution in [0.4, 0.5) is 0 Å². The van der Waals surface area contributed by atoms with Crippen molar-refractivity contribution < 1.29 is 9.47 Å². The topological polar surface area (TPSA) is 30.5 Å². The molecule has 0 aliphatic carbocycles. The number of hydrogen-bond acceptors (Lipinski definition) is 3. The molecule has 1 aromatic carbocycles. The predicted octanol–water partition coefficient (Wildman–Crippen LogP) is 2.98. The van der Waals surface area contributed by atoms with Crippen molar-refractivity contribution >= 4 is 15.9 Å². The molecule has 0 amide bonds. The van der Waals surface area contributed by atoms with Gasteiger partial charge in [0, 0.05) is 32.2 Å². The molecule has 1 rings (SSSR count). The van der Waals surface area contributed by atoms with Gasteiger partial charge in [-0.2, -0.15) is 0 Å². The molecule has 1 aromatic rings. The van der Waals surface area contributed by atoms with E-state index in [1.54, 1.807) is 7.11 Å². The lowest BCUT2D eigenvalue weighted by Gasteiger charge is -2.13. The minimum absolute atomic E-state index is 0.637. The number of benzene rings is 1. The lowest BCUT2D eigenvalue weighted by Crippen LogP contribution is -2.19. The summed E-state index contributed by atoms with van der Waals surface area (Å²) in [6.07, 6.45) is 6.84. The number of ether oxygens (including phenoxy) is 2. The summed E-state index contributed by atoms with van der Waals surface area (Å²) in [7, 11) is 1.70. The second-order valence-electron chi connectivity index (χ2n) is 4.05. The molecule has 0 saturated heterocycles. The Labute approximate surface area is 123 Å². The zero-order valence-electron chi connectivity index (χ0n) is 11.2. The summed E-state index contributed by atoms with van der Waals surface area (Å²) < 4.78 is 11.8. The van der Waals surface area contributed by atoms with E-state index >= 15 is 0 Å². The van der Waals surface area contributed by atoms with Gasteiger partial charge in [-0.25, -0.2) is 0 Å². The van der Waals surface area contributed by atoms with Crippen molar-refractivity contribution in [3.05, 3.63) is 28.2 Å². The van der Waals surface area contributed by atoms with Gasteiger partial charge in [0.1, 0.15) is 5.75 Å². The summed E-state index contributed by atoms with van der Waals surface area (Å²) in [4.78, 5) is 0. The van der Waals surface area contributed by atoms with Gasteiger partial charge in [0.05, 0.1) is 17.7 Å². The van der Waals surface area contributed by atoms with Crippen molar-refractivity contribution in [1.29, 1.82) is 0 Å². The van der Waals surface area contributed by atoms with Crippen LogP contribution in [0.15, 0.2) is 22.7 Å². The molecule has 0 unspecified atom stereocenters. The van der Waals surface area contributed by atoms with Crippen molar-refractivity contribution in [2.45, 2.75) is 19.4 Å². The molecule has 19 heavy (non-hydrogen) atoms. The van der Waals surface area contributed by atoms with Gasteiger partial charge in [-0.05, 0) is 28.4 Å². The Morgan fingerprint density at radius 3 is 2.95 bits per heavy atom. The summed E-state index contributed by atoms with van der Waals surface area (Å²) in [5.74, 6) is 3.51. The molecule has 1 N–H and O–H groups in total. The number of methoxy groups -OCH3 is 1. The average Bonchev–Trinajstić information content (AvgIpc) is 2.42. The van der Waals surface area contributed by atoms with Crippen LogP contribution in [0.1, 0.15) is 18.4 Å². The van der Waals surface area contributed by atoms with E-state index in [1.165, 1.54) is 0 Å². The Bertz CT molecular complexity index is 415. The highest BCUT2D eigenvalue weighted by Gasteiger charge is 2.07. The molecule has 4 heteroatoms. The second-order valence-corrected chi connectivity index (χ2v) is 4.91. The van der Waals surface area contributed by atoms with E-state index in [2.05, 4.69) is 33.2 Å². The fraction of sp³-hybridized carbons (Fsp3) is 0.467. The molecule has 0 aromatic heterocycles. The number of nitrogens with one attached hydrogen (secondary N) is 1. The maximum Gasteiger partial charge on any atom is 0.137 e. The first-order chi connectivity index (χ1) is 9.29. The van der Waals surface area contributed by atoms with Gasteiger partial charge in [0.25, 0.3) is 0 Å². The Morgan fingerprint density at radius 1 is 1.37 bits per heavy atom. The highest BCUT2D eigenvalue weighted by molar-refractivity contribution is 9.10. The van der Waals surface area contributed by atoms with Crippen LogP contribution in [-0.4, -0.2) is 26.9 Å². The number of para-hydroxylation sites is 1. The van der Waals surface area contributed by atoms with Crippen LogP contribution in [0.5, 0.6) is 5.75 Å². The molecule has 0 atom stereocenters. The highest BCUT2D eigenvalue weighted by atomic mass is 79.9. The third-order valence-electron chi connectivity index (χ3n) is 2.56. The molecule has 3 nitrogen and oxygen atoms in total. The second kappa shape index (κ2) is 9.85. The number of hydrogen-bond donors (Lipinski definition) is 1. The third-order valence-corrected chi connectivity index (χ3v) is 3.18. The van der Waals surface area contributed by atoms with Crippen LogP contribution in [0, 0.1) is 12.3 Å². The van der Waals surface area contributed by atoms with Crippen molar-refractivity contribution in [1.82, 2.24) is 5.32 Å². The fourth-order valence-electron chi connectivity index (χ4n) is 1.60. The van der Waals surface area contributed by atoms with Crippen molar-refractivity contribution in [2.24, 2.45) is 0 Å². The van der Waals surface area contributed by atoms with E-state index in [0.717, 1.165) is 41.7 Å². The van der Waals surface area contributed by atoms with Gasteiger partial charge in [-0.1, -0.05) is 12.1 Å². The molecule has 0 radical (unpaired) electrons. The Hall–Kier alpha value is -1.02. The molecule has 104 valence electrons. The van der Waals surface area contributed by atoms with Gasteiger partial charge in [-0.15, -0.1) is 12.3 Å². The zero-order chi connectivity index (χ0) is 13.9. The first kappa shape index (κ1) is 16.0. The lowest BCUT2D eigenvalue weighted by molar-refractivity contribution is 0.199. The first-order valence-electron chi connectivity index (χ1n) is 6.33. The number of terminal acetylenes is 1. The quantitative estimate of drug-likeness (QED) is 0.559. The van der Waals surface area contributed by atoms with Crippen LogP contribution < -0.4 is 10.1 Å². The molecule has 0 saturated carbocycles. The molecule has 0 spiro atoms. The van der Waals surface area contributed by atoms with Gasteiger partial charge >= 0.3 is 0 Å². The van der Waals surface area contributed by atoms with Crippen LogP contribution in [0.3, 0.4) is 0 Å². The standard InChI is InChI=1S/C15H20BrNO2/c1-3-4-5-10-19-15-13(7-6-8-14(15)16)12-17-9-11-18-2/h1,6-8,17H,4-5,9-12H2,2H3. The smallest absolute Gasteiger partial charge is 0.137 e. The Balaban J connectivity index is 2.54. The summed E-state index contributed by atoms with van der Waals surface area (Å²) in [6, 6.07) is 6.04. The predicted molar refractivity (Wildman–Crippen MR) is 81.3 cm³/mol. The van der Waals surface area contributed by atoms with Crippen LogP contribution in [0.25, 0.3) is 0 Å². The van der Waals surface area contributed by atoms with Gasteiger partial charge in [0.2, 0.25) is 0 Å². The van der Waals surface area contributed by atoms with Gasteiger partial charge in [-0.3, -0.25) is 0 Å². The average molecular weight is 326 g/mol.